The minimum Gasteiger partial charge on any atom is -0.320 e. The lowest BCUT2D eigenvalue weighted by Crippen LogP contribution is -2.31. The van der Waals surface area contributed by atoms with Gasteiger partial charge in [0.05, 0.1) is 15.9 Å². The van der Waals surface area contributed by atoms with E-state index in [0.717, 1.165) is 0 Å². The van der Waals surface area contributed by atoms with E-state index in [0.29, 0.717) is 10.6 Å². The van der Waals surface area contributed by atoms with Crippen LogP contribution in [-0.4, -0.2) is 19.2 Å². The van der Waals surface area contributed by atoms with Gasteiger partial charge in [0.15, 0.2) is 0 Å². The number of carbonyl (C=O) groups excluding carboxylic acids is 1. The van der Waals surface area contributed by atoms with Gasteiger partial charge >= 0.3 is 0 Å². The maximum Gasteiger partial charge on any atom is 0.292 e. The van der Waals surface area contributed by atoms with E-state index in [2.05, 4.69) is 10.0 Å². The first-order valence-electron chi connectivity index (χ1n) is 9.12. The number of carbonyl (C=O) groups is 1. The van der Waals surface area contributed by atoms with Crippen molar-refractivity contribution in [3.8, 4) is 0 Å². The lowest BCUT2D eigenvalue weighted by atomic mass is 10.0. The number of halogens is 1. The van der Waals surface area contributed by atoms with E-state index in [9.17, 15) is 23.3 Å². The number of nitro groups is 1. The Morgan fingerprint density at radius 2 is 1.58 bits per heavy atom. The van der Waals surface area contributed by atoms with Crippen molar-refractivity contribution in [3.05, 3.63) is 99.6 Å². The van der Waals surface area contributed by atoms with Crippen LogP contribution in [0.3, 0.4) is 0 Å². The first kappa shape index (κ1) is 22.4. The summed E-state index contributed by atoms with van der Waals surface area (Å²) in [7, 11) is -3.96. The summed E-state index contributed by atoms with van der Waals surface area (Å²) in [4.78, 5) is 23.2. The average molecular weight is 460 g/mol. The lowest BCUT2D eigenvalue weighted by Gasteiger charge is -2.19. The molecule has 0 saturated heterocycles. The van der Waals surface area contributed by atoms with Gasteiger partial charge in [-0.2, -0.15) is 0 Å². The first-order valence-corrected chi connectivity index (χ1v) is 11.0. The number of rotatable bonds is 8. The fourth-order valence-electron chi connectivity index (χ4n) is 2.91. The van der Waals surface area contributed by atoms with Crippen molar-refractivity contribution < 1.29 is 18.1 Å². The molecular formula is C21H18ClN3O5S. The Morgan fingerprint density at radius 3 is 2.23 bits per heavy atom. The van der Waals surface area contributed by atoms with E-state index >= 15 is 0 Å². The van der Waals surface area contributed by atoms with Gasteiger partial charge in [-0.25, -0.2) is 13.1 Å². The van der Waals surface area contributed by atoms with Gasteiger partial charge in [0.25, 0.3) is 5.69 Å². The number of hydrogen-bond donors (Lipinski definition) is 2. The molecular weight excluding hydrogens is 442 g/mol. The summed E-state index contributed by atoms with van der Waals surface area (Å²) in [6.07, 6.45) is -0.275. The van der Waals surface area contributed by atoms with Crippen LogP contribution in [-0.2, 0) is 14.8 Å². The maximum absolute atomic E-state index is 12.8. The molecule has 0 aliphatic carbocycles. The van der Waals surface area contributed by atoms with Crippen LogP contribution in [0.1, 0.15) is 18.0 Å². The molecule has 0 saturated carbocycles. The smallest absolute Gasteiger partial charge is 0.292 e. The van der Waals surface area contributed by atoms with Crippen molar-refractivity contribution in [2.24, 2.45) is 0 Å². The number of nitro benzene ring substituents is 1. The third kappa shape index (κ3) is 5.88. The molecule has 0 heterocycles. The second-order valence-electron chi connectivity index (χ2n) is 6.57. The Labute approximate surface area is 184 Å². The molecule has 160 valence electrons. The molecule has 0 aliphatic rings. The van der Waals surface area contributed by atoms with Crippen LogP contribution in [0.2, 0.25) is 5.02 Å². The molecule has 0 spiro atoms. The first-order chi connectivity index (χ1) is 14.8. The normalized spacial score (nSPS) is 12.2. The third-order valence-electron chi connectivity index (χ3n) is 4.39. The lowest BCUT2D eigenvalue weighted by molar-refractivity contribution is -0.383. The zero-order valence-electron chi connectivity index (χ0n) is 16.1. The fraction of sp³-hybridized carbons (Fsp3) is 0.0952. The summed E-state index contributed by atoms with van der Waals surface area (Å²) in [6.45, 7) is 0. The molecule has 3 aromatic rings. The van der Waals surface area contributed by atoms with E-state index in [4.69, 9.17) is 11.6 Å². The van der Waals surface area contributed by atoms with Crippen LogP contribution in [0.25, 0.3) is 0 Å². The van der Waals surface area contributed by atoms with Crippen LogP contribution in [0.5, 0.6) is 0 Å². The molecule has 31 heavy (non-hydrogen) atoms. The van der Waals surface area contributed by atoms with E-state index in [-0.39, 0.29) is 22.7 Å². The van der Waals surface area contributed by atoms with Crippen LogP contribution in [0.15, 0.2) is 83.8 Å². The number of anilines is 1. The highest BCUT2D eigenvalue weighted by atomic mass is 35.5. The Morgan fingerprint density at radius 1 is 0.968 bits per heavy atom. The Balaban J connectivity index is 1.84. The van der Waals surface area contributed by atoms with Crippen molar-refractivity contribution in [3.63, 3.8) is 0 Å². The number of benzene rings is 3. The zero-order chi connectivity index (χ0) is 22.4. The summed E-state index contributed by atoms with van der Waals surface area (Å²) in [5, 5.41) is 14.1. The average Bonchev–Trinajstić information content (AvgIpc) is 2.74. The summed E-state index contributed by atoms with van der Waals surface area (Å²) in [5.41, 5.74) is 0.344. The van der Waals surface area contributed by atoms with Crippen molar-refractivity contribution in [1.29, 1.82) is 0 Å². The van der Waals surface area contributed by atoms with Crippen molar-refractivity contribution in [1.82, 2.24) is 4.72 Å². The molecule has 8 nitrogen and oxygen atoms in total. The summed E-state index contributed by atoms with van der Waals surface area (Å²) >= 11 is 5.83. The summed E-state index contributed by atoms with van der Waals surface area (Å²) in [6, 6.07) is 19.0. The largest absolute Gasteiger partial charge is 0.320 e. The highest BCUT2D eigenvalue weighted by molar-refractivity contribution is 7.89. The van der Waals surface area contributed by atoms with E-state index in [1.54, 1.807) is 36.4 Å². The minimum atomic E-state index is -3.96. The molecule has 3 aromatic carbocycles. The Bertz CT molecular complexity index is 1190. The van der Waals surface area contributed by atoms with E-state index < -0.39 is 26.9 Å². The van der Waals surface area contributed by atoms with Gasteiger partial charge in [-0.05, 0) is 35.9 Å². The van der Waals surface area contributed by atoms with Crippen molar-refractivity contribution in [2.75, 3.05) is 5.32 Å². The molecule has 0 radical (unpaired) electrons. The third-order valence-corrected chi connectivity index (χ3v) is 6.13. The van der Waals surface area contributed by atoms with Crippen LogP contribution in [0, 0.1) is 10.1 Å². The standard InChI is InChI=1S/C21H18ClN3O5S/c22-16-10-12-17(13-11-16)31(29,30)24-19(15-6-2-1-3-7-15)14-21(26)23-18-8-4-5-9-20(18)25(27)28/h1-13,19,24H,14H2,(H,23,26). The van der Waals surface area contributed by atoms with Crippen LogP contribution < -0.4 is 10.0 Å². The van der Waals surface area contributed by atoms with Gasteiger partial charge in [0, 0.05) is 17.5 Å². The molecule has 1 amide bonds. The topological polar surface area (TPSA) is 118 Å². The van der Waals surface area contributed by atoms with Gasteiger partial charge in [-0.3, -0.25) is 14.9 Å². The Kier molecular flexibility index (Phi) is 7.01. The molecule has 1 unspecified atom stereocenters. The van der Waals surface area contributed by atoms with Gasteiger partial charge in [0.2, 0.25) is 15.9 Å². The Hall–Kier alpha value is -3.27. The molecule has 3 rings (SSSR count). The number of amides is 1. The van der Waals surface area contributed by atoms with Gasteiger partial charge in [0.1, 0.15) is 5.69 Å². The van der Waals surface area contributed by atoms with Gasteiger partial charge in [-0.1, -0.05) is 54.1 Å². The van der Waals surface area contributed by atoms with Crippen molar-refractivity contribution in [2.45, 2.75) is 17.4 Å². The van der Waals surface area contributed by atoms with Crippen LogP contribution >= 0.6 is 11.6 Å². The molecule has 1 atom stereocenters. The van der Waals surface area contributed by atoms with Gasteiger partial charge in [-0.15, -0.1) is 0 Å². The number of sulfonamides is 1. The monoisotopic (exact) mass is 459 g/mol. The highest BCUT2D eigenvalue weighted by Crippen LogP contribution is 2.26. The molecule has 10 heteroatoms. The summed E-state index contributed by atoms with van der Waals surface area (Å²) < 4.78 is 28.2. The number of nitrogens with zero attached hydrogens (tertiary/aromatic N) is 1. The molecule has 0 aliphatic heterocycles. The molecule has 0 aromatic heterocycles. The quantitative estimate of drug-likeness (QED) is 0.384. The second-order valence-corrected chi connectivity index (χ2v) is 8.72. The molecule has 0 fully saturated rings. The zero-order valence-corrected chi connectivity index (χ0v) is 17.6. The fourth-order valence-corrected chi connectivity index (χ4v) is 4.26. The molecule has 0 bridgehead atoms. The minimum absolute atomic E-state index is 0.00284. The van der Waals surface area contributed by atoms with Crippen molar-refractivity contribution >= 4 is 38.9 Å². The SMILES string of the molecule is O=C(CC(NS(=O)(=O)c1ccc(Cl)cc1)c1ccccc1)Nc1ccccc1[N+](=O)[O-]. The number of para-hydroxylation sites is 2. The van der Waals surface area contributed by atoms with Gasteiger partial charge < -0.3 is 5.32 Å². The maximum atomic E-state index is 12.8. The molecule has 2 N–H and O–H groups in total. The number of nitrogens with one attached hydrogen (secondary N) is 2. The highest BCUT2D eigenvalue weighted by Gasteiger charge is 2.25. The van der Waals surface area contributed by atoms with E-state index in [1.807, 2.05) is 0 Å². The van der Waals surface area contributed by atoms with E-state index in [1.165, 1.54) is 42.5 Å². The predicted molar refractivity (Wildman–Crippen MR) is 117 cm³/mol. The second kappa shape index (κ2) is 9.69. The number of hydrogen-bond acceptors (Lipinski definition) is 5. The summed E-state index contributed by atoms with van der Waals surface area (Å²) in [5.74, 6) is -0.582. The van der Waals surface area contributed by atoms with Crippen LogP contribution in [0.4, 0.5) is 11.4 Å². The predicted octanol–water partition coefficient (Wildman–Crippen LogP) is 4.30.